The Labute approximate surface area is 155 Å². The fourth-order valence-electron chi connectivity index (χ4n) is 3.54. The molecule has 2 heterocycles. The highest BCUT2D eigenvalue weighted by molar-refractivity contribution is 7.17. The summed E-state index contributed by atoms with van der Waals surface area (Å²) in [6.45, 7) is 1.41. The van der Waals surface area contributed by atoms with Gasteiger partial charge in [0.1, 0.15) is 17.4 Å². The lowest BCUT2D eigenvalue weighted by Gasteiger charge is -2.30. The van der Waals surface area contributed by atoms with Gasteiger partial charge in [0.2, 0.25) is 5.91 Å². The molecule has 0 bridgehead atoms. The van der Waals surface area contributed by atoms with Crippen molar-refractivity contribution in [3.63, 3.8) is 0 Å². The summed E-state index contributed by atoms with van der Waals surface area (Å²) in [6.07, 6.45) is 2.86. The maximum atomic E-state index is 12.6. The van der Waals surface area contributed by atoms with Gasteiger partial charge in [0, 0.05) is 4.88 Å². The first-order valence-electron chi connectivity index (χ1n) is 8.67. The summed E-state index contributed by atoms with van der Waals surface area (Å²) in [6, 6.07) is 7.69. The largest absolute Gasteiger partial charge is 0.490 e. The number of fused-ring (bicyclic) bond motifs is 2. The zero-order valence-electron chi connectivity index (χ0n) is 14.5. The topological polar surface area (TPSA) is 67.9 Å². The average Bonchev–Trinajstić information content (AvgIpc) is 3.22. The van der Waals surface area contributed by atoms with Crippen LogP contribution in [0.3, 0.4) is 0 Å². The Hall–Kier alpha value is -2.54. The van der Waals surface area contributed by atoms with Crippen LogP contribution in [0.1, 0.15) is 27.2 Å². The predicted molar refractivity (Wildman–Crippen MR) is 100 cm³/mol. The third-order valence-electron chi connectivity index (χ3n) is 4.72. The zero-order valence-corrected chi connectivity index (χ0v) is 15.4. The number of ether oxygens (including phenoxy) is 2. The number of rotatable bonds is 4. The van der Waals surface area contributed by atoms with Gasteiger partial charge in [-0.2, -0.15) is 0 Å². The molecular weight excluding hydrogens is 352 g/mol. The van der Waals surface area contributed by atoms with Gasteiger partial charge >= 0.3 is 5.97 Å². The van der Waals surface area contributed by atoms with E-state index in [0.717, 1.165) is 36.3 Å². The second-order valence-electron chi connectivity index (χ2n) is 6.34. The van der Waals surface area contributed by atoms with Crippen LogP contribution in [-0.4, -0.2) is 38.7 Å². The first kappa shape index (κ1) is 16.9. The number of hydrogen-bond donors (Lipinski definition) is 1. The maximum Gasteiger partial charge on any atom is 0.341 e. The van der Waals surface area contributed by atoms with Crippen molar-refractivity contribution >= 4 is 33.9 Å². The van der Waals surface area contributed by atoms with Crippen LogP contribution in [0.4, 0.5) is 10.7 Å². The van der Waals surface area contributed by atoms with Gasteiger partial charge in [0.15, 0.2) is 0 Å². The van der Waals surface area contributed by atoms with Gasteiger partial charge in [-0.15, -0.1) is 11.3 Å². The number of aryl methyl sites for hydroxylation is 1. The Morgan fingerprint density at radius 3 is 3.00 bits per heavy atom. The molecule has 0 spiro atoms. The number of anilines is 2. The number of thiophene rings is 1. The van der Waals surface area contributed by atoms with E-state index in [1.165, 1.54) is 23.3 Å². The van der Waals surface area contributed by atoms with Crippen LogP contribution < -0.4 is 15.0 Å². The maximum absolute atomic E-state index is 12.6. The summed E-state index contributed by atoms with van der Waals surface area (Å²) in [5.41, 5.74) is 2.48. The van der Waals surface area contributed by atoms with Gasteiger partial charge in [0.25, 0.3) is 0 Å². The highest BCUT2D eigenvalue weighted by Crippen LogP contribution is 2.39. The normalized spacial score (nSPS) is 15.0. The number of methoxy groups -OCH3 is 1. The number of benzene rings is 1. The van der Waals surface area contributed by atoms with Crippen LogP contribution in [0.2, 0.25) is 0 Å². The van der Waals surface area contributed by atoms with Gasteiger partial charge in [0.05, 0.1) is 31.5 Å². The van der Waals surface area contributed by atoms with Crippen molar-refractivity contribution in [1.29, 1.82) is 0 Å². The van der Waals surface area contributed by atoms with Gasteiger partial charge < -0.3 is 19.7 Å². The quantitative estimate of drug-likeness (QED) is 0.836. The molecule has 2 aliphatic rings. The highest BCUT2D eigenvalue weighted by atomic mass is 32.1. The number of esters is 1. The number of amides is 1. The van der Waals surface area contributed by atoms with E-state index in [1.807, 2.05) is 29.2 Å². The van der Waals surface area contributed by atoms with E-state index in [4.69, 9.17) is 9.47 Å². The summed E-state index contributed by atoms with van der Waals surface area (Å²) in [5, 5.41) is 3.53. The minimum Gasteiger partial charge on any atom is -0.490 e. The smallest absolute Gasteiger partial charge is 0.341 e. The second-order valence-corrected chi connectivity index (χ2v) is 7.44. The van der Waals surface area contributed by atoms with Crippen molar-refractivity contribution < 1.29 is 19.1 Å². The Kier molecular flexibility index (Phi) is 4.55. The SMILES string of the molecule is COC(=O)c1c(NC(=O)CN2CCOc3ccccc32)sc2c1CCC2. The number of para-hydroxylation sites is 2. The molecule has 7 heteroatoms. The molecular formula is C19H20N2O4S. The molecule has 1 aliphatic heterocycles. The third-order valence-corrected chi connectivity index (χ3v) is 5.93. The molecule has 0 saturated heterocycles. The molecule has 4 rings (SSSR count). The monoisotopic (exact) mass is 372 g/mol. The minimum absolute atomic E-state index is 0.147. The van der Waals surface area contributed by atoms with Crippen molar-refractivity contribution in [1.82, 2.24) is 0 Å². The van der Waals surface area contributed by atoms with Crippen LogP contribution in [0.5, 0.6) is 5.75 Å². The molecule has 26 heavy (non-hydrogen) atoms. The molecule has 1 amide bonds. The van der Waals surface area contributed by atoms with Crippen molar-refractivity contribution in [2.75, 3.05) is 37.0 Å². The van der Waals surface area contributed by atoms with Crippen LogP contribution in [-0.2, 0) is 22.4 Å². The number of carbonyl (C=O) groups is 2. The molecule has 1 aliphatic carbocycles. The molecule has 1 aromatic carbocycles. The minimum atomic E-state index is -0.378. The second kappa shape index (κ2) is 6.99. The van der Waals surface area contributed by atoms with Crippen molar-refractivity contribution in [2.45, 2.75) is 19.3 Å². The molecule has 2 aromatic rings. The molecule has 1 aromatic heterocycles. The fraction of sp³-hybridized carbons (Fsp3) is 0.368. The Morgan fingerprint density at radius 1 is 1.31 bits per heavy atom. The molecule has 0 atom stereocenters. The van der Waals surface area contributed by atoms with Crippen LogP contribution in [0, 0.1) is 0 Å². The average molecular weight is 372 g/mol. The summed E-state index contributed by atoms with van der Waals surface area (Å²) in [4.78, 5) is 28.0. The predicted octanol–water partition coefficient (Wildman–Crippen LogP) is 2.86. The van der Waals surface area contributed by atoms with E-state index in [0.29, 0.717) is 23.7 Å². The van der Waals surface area contributed by atoms with Gasteiger partial charge in [-0.1, -0.05) is 12.1 Å². The summed E-state index contributed by atoms with van der Waals surface area (Å²) in [7, 11) is 1.37. The van der Waals surface area contributed by atoms with Crippen molar-refractivity contribution in [3.8, 4) is 5.75 Å². The van der Waals surface area contributed by atoms with E-state index < -0.39 is 0 Å². The third kappa shape index (κ3) is 3.03. The molecule has 6 nitrogen and oxygen atoms in total. The van der Waals surface area contributed by atoms with Crippen LogP contribution in [0.25, 0.3) is 0 Å². The lowest BCUT2D eigenvalue weighted by atomic mass is 10.1. The molecule has 0 saturated carbocycles. The summed E-state index contributed by atoms with van der Waals surface area (Å²) in [5.74, 6) is 0.264. The van der Waals surface area contributed by atoms with Gasteiger partial charge in [-0.3, -0.25) is 4.79 Å². The van der Waals surface area contributed by atoms with Crippen molar-refractivity contribution in [2.24, 2.45) is 0 Å². The summed E-state index contributed by atoms with van der Waals surface area (Å²) >= 11 is 1.49. The molecule has 0 fully saturated rings. The Morgan fingerprint density at radius 2 is 2.15 bits per heavy atom. The fourth-order valence-corrected chi connectivity index (χ4v) is 4.83. The zero-order chi connectivity index (χ0) is 18.1. The van der Waals surface area contributed by atoms with Gasteiger partial charge in [-0.05, 0) is 37.0 Å². The molecule has 1 N–H and O–H groups in total. The standard InChI is InChI=1S/C19H20N2O4S/c1-24-19(23)17-12-5-4-8-15(12)26-18(17)20-16(22)11-21-9-10-25-14-7-3-2-6-13(14)21/h2-3,6-7H,4-5,8-11H2,1H3,(H,20,22). The Balaban J connectivity index is 1.52. The van der Waals surface area contributed by atoms with E-state index in [9.17, 15) is 9.59 Å². The van der Waals surface area contributed by atoms with E-state index >= 15 is 0 Å². The summed E-state index contributed by atoms with van der Waals surface area (Å²) < 4.78 is 10.6. The Bertz CT molecular complexity index is 861. The number of nitrogens with one attached hydrogen (secondary N) is 1. The van der Waals surface area contributed by atoms with E-state index in [-0.39, 0.29) is 18.4 Å². The lowest BCUT2D eigenvalue weighted by molar-refractivity contribution is -0.115. The molecule has 136 valence electrons. The first-order valence-corrected chi connectivity index (χ1v) is 9.48. The van der Waals surface area contributed by atoms with Crippen molar-refractivity contribution in [3.05, 3.63) is 40.3 Å². The number of nitrogens with zero attached hydrogens (tertiary/aromatic N) is 1. The number of hydrogen-bond acceptors (Lipinski definition) is 6. The van der Waals surface area contributed by atoms with E-state index in [2.05, 4.69) is 5.32 Å². The first-order chi connectivity index (χ1) is 12.7. The number of carbonyl (C=O) groups excluding carboxylic acids is 2. The van der Waals surface area contributed by atoms with Gasteiger partial charge in [-0.25, -0.2) is 4.79 Å². The van der Waals surface area contributed by atoms with E-state index in [1.54, 1.807) is 0 Å². The van der Waals surface area contributed by atoms with Crippen LogP contribution >= 0.6 is 11.3 Å². The lowest BCUT2D eigenvalue weighted by Crippen LogP contribution is -2.38. The van der Waals surface area contributed by atoms with Crippen LogP contribution in [0.15, 0.2) is 24.3 Å². The highest BCUT2D eigenvalue weighted by Gasteiger charge is 2.28. The molecule has 0 radical (unpaired) electrons. The molecule has 0 unspecified atom stereocenters.